The number of esters is 1. The molecular formula is C46H78N6O19. The number of hydrogen-bond donors (Lipinski definition) is 15. The van der Waals surface area contributed by atoms with Crippen molar-refractivity contribution in [3.8, 4) is 0 Å². The molecule has 25 heteroatoms. The van der Waals surface area contributed by atoms with Crippen molar-refractivity contribution < 1.29 is 93.5 Å². The van der Waals surface area contributed by atoms with Gasteiger partial charge in [0.2, 0.25) is 5.78 Å². The average Bonchev–Trinajstić information content (AvgIpc) is 3.78. The first-order valence-electron chi connectivity index (χ1n) is 24.7. The average molecular weight is 1020 g/mol. The summed E-state index contributed by atoms with van der Waals surface area (Å²) in [5, 5.41) is 95.7. The van der Waals surface area contributed by atoms with Gasteiger partial charge in [-0.25, -0.2) is 0 Å². The topological polar surface area (TPSA) is 454 Å². The van der Waals surface area contributed by atoms with Crippen LogP contribution in [0.15, 0.2) is 11.6 Å². The van der Waals surface area contributed by atoms with Crippen LogP contribution in [-0.4, -0.2) is 218 Å². The maximum absolute atomic E-state index is 12.9. The predicted octanol–water partition coefficient (Wildman–Crippen LogP) is -6.54. The van der Waals surface area contributed by atoms with Crippen LogP contribution in [0.5, 0.6) is 0 Å². The van der Waals surface area contributed by atoms with Gasteiger partial charge in [-0.1, -0.05) is 19.4 Å². The molecule has 2 unspecified atom stereocenters. The first-order chi connectivity index (χ1) is 33.4. The number of Topliss-reactive ketones (excluding diaryl/α,β-unsaturated/α-hetero) is 1. The summed E-state index contributed by atoms with van der Waals surface area (Å²) in [7, 11) is 0. The molecule has 0 bridgehead atoms. The molecule has 0 amide bonds. The molecular weight excluding hydrogens is 941 g/mol. The zero-order chi connectivity index (χ0) is 52.2. The van der Waals surface area contributed by atoms with E-state index >= 15 is 0 Å². The third-order valence-electron chi connectivity index (χ3n) is 17.3. The normalized spacial score (nSPS) is 50.7. The monoisotopic (exact) mass is 1020 g/mol. The fourth-order valence-corrected chi connectivity index (χ4v) is 13.2. The number of carbonyl (C=O) groups is 3. The molecule has 0 radical (unpaired) electrons. The Morgan fingerprint density at radius 3 is 1.85 bits per heavy atom. The Labute approximate surface area is 411 Å². The van der Waals surface area contributed by atoms with Crippen LogP contribution in [0.3, 0.4) is 0 Å². The van der Waals surface area contributed by atoms with Crippen molar-refractivity contribution in [3.05, 3.63) is 11.6 Å². The largest absolute Gasteiger partial charge is 0.458 e. The van der Waals surface area contributed by atoms with Crippen LogP contribution < -0.4 is 34.4 Å². The van der Waals surface area contributed by atoms with Crippen LogP contribution in [0.1, 0.15) is 72.1 Å². The molecule has 0 spiro atoms. The fourth-order valence-electron chi connectivity index (χ4n) is 13.2. The summed E-state index contributed by atoms with van der Waals surface area (Å²) < 4.78 is 39.5. The van der Waals surface area contributed by atoms with Crippen LogP contribution in [0.4, 0.5) is 0 Å². The third-order valence-corrected chi connectivity index (χ3v) is 17.3. The minimum absolute atomic E-state index is 0.0413. The number of carbonyl (C=O) groups excluding carboxylic acids is 3. The highest BCUT2D eigenvalue weighted by Crippen LogP contribution is 2.67. The van der Waals surface area contributed by atoms with Crippen molar-refractivity contribution in [3.63, 3.8) is 0 Å². The minimum atomic E-state index is -1.60. The lowest BCUT2D eigenvalue weighted by atomic mass is 9.45. The van der Waals surface area contributed by atoms with E-state index in [0.29, 0.717) is 19.3 Å². The Hall–Kier alpha value is -2.29. The second-order valence-electron chi connectivity index (χ2n) is 21.4. The molecule has 71 heavy (non-hydrogen) atoms. The zero-order valence-corrected chi connectivity index (χ0v) is 40.4. The van der Waals surface area contributed by atoms with Gasteiger partial charge in [-0.05, 0) is 74.2 Å². The molecule has 406 valence electrons. The first-order valence-corrected chi connectivity index (χ1v) is 24.7. The van der Waals surface area contributed by atoms with E-state index in [0.717, 1.165) is 31.3 Å². The molecule has 8 rings (SSSR count). The number of nitrogens with two attached hydrogens (primary N) is 6. The molecule has 3 saturated heterocycles. The maximum atomic E-state index is 12.9. The molecule has 4 saturated carbocycles. The number of allylic oxidation sites excluding steroid dienone is 1. The number of rotatable bonds is 12. The highest BCUT2D eigenvalue weighted by molar-refractivity contribution is 5.92. The van der Waals surface area contributed by atoms with E-state index in [2.05, 4.69) is 6.92 Å². The Balaban J connectivity index is 0.000000223. The second-order valence-corrected chi connectivity index (χ2v) is 21.4. The summed E-state index contributed by atoms with van der Waals surface area (Å²) in [6.07, 6.45) is -14.2. The lowest BCUT2D eigenvalue weighted by molar-refractivity contribution is -0.306. The van der Waals surface area contributed by atoms with Crippen LogP contribution in [0.2, 0.25) is 0 Å². The number of ketones is 2. The highest BCUT2D eigenvalue weighted by atomic mass is 16.8. The SMILES string of the molecule is CC(=O)OCC(=O)[C@@]1(O)CC[C@H]2[C@@H]3CCC4=CC(=O)CC[C@]4(C)[C@H]3[C@@H](O)C[C@@]21C.NC[C@@H]1OC(O[C@H]2[C@@H](O)[C@H](O[C@H]3C(O[C@H]4O[C@H](CN)[C@@H](O)[C@H](O)[C@H]4N)[C@@H](N)C[C@@H](N)[C@@H]3O)O[C@@H]2CO)[C@H](N)[C@@H](O)[C@@H]1O. The summed E-state index contributed by atoms with van der Waals surface area (Å²) in [4.78, 5) is 36.0. The van der Waals surface area contributed by atoms with Gasteiger partial charge in [0.1, 0.15) is 72.7 Å². The molecule has 7 fully saturated rings. The van der Waals surface area contributed by atoms with Crippen molar-refractivity contribution in [1.29, 1.82) is 0 Å². The first kappa shape index (κ1) is 56.4. The van der Waals surface area contributed by atoms with E-state index in [4.69, 9.17) is 67.6 Å². The lowest BCUT2D eigenvalue weighted by Crippen LogP contribution is -2.68. The Morgan fingerprint density at radius 2 is 1.28 bits per heavy atom. The Bertz CT molecular complexity index is 1920. The van der Waals surface area contributed by atoms with E-state index in [1.807, 2.05) is 6.92 Å². The summed E-state index contributed by atoms with van der Waals surface area (Å²) in [5.74, 6) is -0.462. The predicted molar refractivity (Wildman–Crippen MR) is 243 cm³/mol. The Morgan fingerprint density at radius 1 is 0.718 bits per heavy atom. The highest BCUT2D eigenvalue weighted by Gasteiger charge is 2.68. The summed E-state index contributed by atoms with van der Waals surface area (Å²) in [5.41, 5.74) is 34.3. The number of ether oxygens (including phenoxy) is 7. The van der Waals surface area contributed by atoms with Gasteiger partial charge in [0.25, 0.3) is 0 Å². The molecule has 0 aromatic heterocycles. The maximum Gasteiger partial charge on any atom is 0.303 e. The van der Waals surface area contributed by atoms with Gasteiger partial charge in [0, 0.05) is 43.9 Å². The van der Waals surface area contributed by atoms with E-state index in [-0.39, 0.29) is 48.5 Å². The molecule has 0 aromatic rings. The van der Waals surface area contributed by atoms with Crippen LogP contribution in [-0.2, 0) is 47.5 Å². The van der Waals surface area contributed by atoms with Crippen molar-refractivity contribution in [2.24, 2.45) is 63.0 Å². The van der Waals surface area contributed by atoms with Gasteiger partial charge in [-0.2, -0.15) is 0 Å². The van der Waals surface area contributed by atoms with Crippen molar-refractivity contribution in [2.75, 3.05) is 26.3 Å². The minimum Gasteiger partial charge on any atom is -0.458 e. The smallest absolute Gasteiger partial charge is 0.303 e. The van der Waals surface area contributed by atoms with Crippen LogP contribution in [0.25, 0.3) is 0 Å². The zero-order valence-electron chi connectivity index (χ0n) is 40.4. The molecule has 21 N–H and O–H groups in total. The molecule has 3 heterocycles. The van der Waals surface area contributed by atoms with Crippen LogP contribution >= 0.6 is 0 Å². The van der Waals surface area contributed by atoms with Gasteiger partial charge < -0.3 is 114 Å². The molecule has 8 aliphatic rings. The van der Waals surface area contributed by atoms with Gasteiger partial charge >= 0.3 is 5.97 Å². The van der Waals surface area contributed by atoms with Gasteiger partial charge in [0.15, 0.2) is 31.3 Å². The third kappa shape index (κ3) is 10.4. The molecule has 26 atom stereocenters. The molecule has 25 nitrogen and oxygen atoms in total. The Kier molecular flexibility index (Phi) is 17.6. The molecule has 5 aliphatic carbocycles. The molecule has 0 aromatic carbocycles. The van der Waals surface area contributed by atoms with Gasteiger partial charge in [-0.3, -0.25) is 14.4 Å². The van der Waals surface area contributed by atoms with Crippen LogP contribution in [0, 0.1) is 28.6 Å². The van der Waals surface area contributed by atoms with E-state index in [1.165, 1.54) is 6.92 Å². The quantitative estimate of drug-likeness (QED) is 0.0808. The number of hydrogen-bond acceptors (Lipinski definition) is 25. The fraction of sp³-hybridized carbons (Fsp3) is 0.891. The van der Waals surface area contributed by atoms with Crippen molar-refractivity contribution in [2.45, 2.75) is 200 Å². The van der Waals surface area contributed by atoms with E-state index in [1.54, 1.807) is 6.08 Å². The van der Waals surface area contributed by atoms with Crippen molar-refractivity contribution >= 4 is 17.5 Å². The van der Waals surface area contributed by atoms with Crippen molar-refractivity contribution in [1.82, 2.24) is 0 Å². The second kappa shape index (κ2) is 22.1. The number of aliphatic hydroxyl groups is 9. The number of aliphatic hydroxyl groups excluding tert-OH is 8. The molecule has 3 aliphatic heterocycles. The lowest BCUT2D eigenvalue weighted by Gasteiger charge is -2.60. The van der Waals surface area contributed by atoms with E-state index < -0.39 is 158 Å². The van der Waals surface area contributed by atoms with E-state index in [9.17, 15) is 60.3 Å². The number of fused-ring (bicyclic) bond motifs is 5. The van der Waals surface area contributed by atoms with Gasteiger partial charge in [-0.15, -0.1) is 0 Å². The summed E-state index contributed by atoms with van der Waals surface area (Å²) in [6, 6.07) is -4.18. The van der Waals surface area contributed by atoms with Gasteiger partial charge in [0.05, 0.1) is 30.9 Å². The summed E-state index contributed by atoms with van der Waals surface area (Å²) in [6.45, 7) is 3.96. The standard InChI is InChI=1S/C23H46N6O13.C23H32O6/c24-2-7-13(32)15(34)10(28)21(37-7)40-18-6(27)1-5(26)12(31)20(18)42-23-17(36)19(9(4-30)39-23)41-22-11(29)16(35)14(33)8(3-25)38-22;1-13(24)29-12-19(27)23(28)9-7-17-16-5-4-14-10-15(25)6-8-21(14,2)20(16)18(26)11-22(17,23)3/h5-23,30-36H,1-4,24-29H2;10,16-18,20,26,28H,4-9,11-12H2,1-3H3/t5-,6+,7-,8+,9-,10-,11-,12+,13-,14-,15-,16-,17-,18?,19-,20-,21-,22?,23+;16-,17-,18-,20+,21-,22-,23-/m10/s1. The summed E-state index contributed by atoms with van der Waals surface area (Å²) >= 11 is 0.